The lowest BCUT2D eigenvalue weighted by Crippen LogP contribution is -2.46. The molecule has 1 saturated carbocycles. The van der Waals surface area contributed by atoms with Crippen LogP contribution in [0.25, 0.3) is 10.9 Å². The number of benzene rings is 1. The number of likely N-dealkylation sites (tertiary alicyclic amines) is 1. The number of nitrogens with zero attached hydrogens (tertiary/aromatic N) is 5. The lowest BCUT2D eigenvalue weighted by atomic mass is 9.88. The van der Waals surface area contributed by atoms with Gasteiger partial charge in [-0.25, -0.2) is 18.7 Å². The van der Waals surface area contributed by atoms with Crippen LogP contribution in [0.2, 0.25) is 5.02 Å². The number of alkyl halides is 2. The van der Waals surface area contributed by atoms with Gasteiger partial charge in [-0.05, 0) is 56.5 Å². The summed E-state index contributed by atoms with van der Waals surface area (Å²) in [5.74, 6) is -2.01. The van der Waals surface area contributed by atoms with Crippen molar-refractivity contribution in [3.63, 3.8) is 0 Å². The van der Waals surface area contributed by atoms with Gasteiger partial charge in [-0.3, -0.25) is 9.58 Å². The van der Waals surface area contributed by atoms with Gasteiger partial charge in [0.2, 0.25) is 5.95 Å². The number of hydrogen-bond acceptors (Lipinski definition) is 7. The van der Waals surface area contributed by atoms with Crippen LogP contribution >= 0.6 is 11.6 Å². The van der Waals surface area contributed by atoms with Gasteiger partial charge >= 0.3 is 0 Å². The molecule has 2 aromatic heterocycles. The first-order valence-corrected chi connectivity index (χ1v) is 12.3. The highest BCUT2D eigenvalue weighted by atomic mass is 35.5. The molecule has 3 fully saturated rings. The van der Waals surface area contributed by atoms with Crippen LogP contribution in [0.4, 0.5) is 20.4 Å². The van der Waals surface area contributed by atoms with Crippen molar-refractivity contribution in [2.24, 2.45) is 0 Å². The molecule has 186 valence electrons. The molecule has 35 heavy (non-hydrogen) atoms. The fourth-order valence-corrected chi connectivity index (χ4v) is 5.63. The van der Waals surface area contributed by atoms with Crippen molar-refractivity contribution in [3.05, 3.63) is 40.8 Å². The molecule has 0 spiro atoms. The first-order chi connectivity index (χ1) is 16.8. The van der Waals surface area contributed by atoms with E-state index in [4.69, 9.17) is 16.3 Å². The molecule has 4 heterocycles. The number of halogens is 3. The van der Waals surface area contributed by atoms with Crippen molar-refractivity contribution < 1.29 is 18.6 Å². The Kier molecular flexibility index (Phi) is 5.67. The fourth-order valence-electron chi connectivity index (χ4n) is 5.31. The monoisotopic (exact) mass is 504 g/mol. The van der Waals surface area contributed by atoms with Gasteiger partial charge < -0.3 is 15.2 Å². The molecule has 1 unspecified atom stereocenters. The molecule has 2 N–H and O–H groups in total. The zero-order valence-corrected chi connectivity index (χ0v) is 20.0. The molecule has 0 amide bonds. The van der Waals surface area contributed by atoms with Gasteiger partial charge in [0.25, 0.3) is 5.92 Å². The Labute approximate surface area is 206 Å². The SMILES string of the molecule is Cc1c(Nc2ncc3cc(Cl)c(C4CCN([C@H]5COC[C@H]5O)CC4)cc3n2)cnn1C1CC1(F)F. The van der Waals surface area contributed by atoms with Crippen molar-refractivity contribution >= 4 is 34.1 Å². The Morgan fingerprint density at radius 3 is 2.66 bits per heavy atom. The second kappa shape index (κ2) is 8.62. The fraction of sp³-hybridized carbons (Fsp3) is 0.542. The van der Waals surface area contributed by atoms with Crippen LogP contribution in [0.15, 0.2) is 24.5 Å². The van der Waals surface area contributed by atoms with Gasteiger partial charge in [-0.15, -0.1) is 0 Å². The molecule has 0 bridgehead atoms. The number of piperidine rings is 1. The highest BCUT2D eigenvalue weighted by Crippen LogP contribution is 2.53. The van der Waals surface area contributed by atoms with E-state index in [0.717, 1.165) is 42.4 Å². The molecule has 2 saturated heterocycles. The van der Waals surface area contributed by atoms with Crippen molar-refractivity contribution in [2.75, 3.05) is 31.6 Å². The number of aromatic nitrogens is 4. The minimum absolute atomic E-state index is 0.0725. The standard InChI is InChI=1S/C24H27ClF2N6O2/c1-13-19(10-29-33(13)22-8-24(22,26)27)31-23-28-9-15-6-17(25)16(7-18(15)30-23)14-2-4-32(5-3-14)20-11-35-12-21(20)34/h6-7,9-10,14,20-22,34H,2-5,8,11-12H2,1H3,(H,28,30,31)/t20-,21+,22?/m0/s1. The summed E-state index contributed by atoms with van der Waals surface area (Å²) >= 11 is 6.66. The Hall–Kier alpha value is -2.40. The largest absolute Gasteiger partial charge is 0.389 e. The molecular formula is C24H27ClF2N6O2. The van der Waals surface area contributed by atoms with E-state index >= 15 is 0 Å². The minimum atomic E-state index is -2.69. The highest BCUT2D eigenvalue weighted by Gasteiger charge is 2.59. The molecule has 1 aliphatic carbocycles. The number of ether oxygens (including phenoxy) is 1. The normalized spacial score (nSPS) is 26.9. The van der Waals surface area contributed by atoms with Crippen LogP contribution in [-0.2, 0) is 4.74 Å². The summed E-state index contributed by atoms with van der Waals surface area (Å²) in [6.45, 7) is 4.50. The summed E-state index contributed by atoms with van der Waals surface area (Å²) in [6, 6.07) is 3.12. The molecule has 1 aromatic carbocycles. The maximum absolute atomic E-state index is 13.5. The van der Waals surface area contributed by atoms with E-state index in [1.165, 1.54) is 10.9 Å². The smallest absolute Gasteiger partial charge is 0.272 e. The first-order valence-electron chi connectivity index (χ1n) is 11.9. The topological polar surface area (TPSA) is 88.3 Å². The number of aliphatic hydroxyl groups excluding tert-OH is 1. The summed E-state index contributed by atoms with van der Waals surface area (Å²) in [5.41, 5.74) is 3.05. The van der Waals surface area contributed by atoms with Gasteiger partial charge in [-0.2, -0.15) is 5.10 Å². The highest BCUT2D eigenvalue weighted by molar-refractivity contribution is 6.32. The van der Waals surface area contributed by atoms with Crippen LogP contribution in [0.5, 0.6) is 0 Å². The van der Waals surface area contributed by atoms with Gasteiger partial charge in [-0.1, -0.05) is 11.6 Å². The minimum Gasteiger partial charge on any atom is -0.389 e. The summed E-state index contributed by atoms with van der Waals surface area (Å²) < 4.78 is 33.7. The molecule has 0 radical (unpaired) electrons. The van der Waals surface area contributed by atoms with E-state index in [2.05, 4.69) is 25.3 Å². The lowest BCUT2D eigenvalue weighted by molar-refractivity contribution is 0.0663. The Balaban J connectivity index is 1.19. The third-order valence-electron chi connectivity index (χ3n) is 7.54. The zero-order valence-electron chi connectivity index (χ0n) is 19.3. The van der Waals surface area contributed by atoms with Crippen LogP contribution in [0.3, 0.4) is 0 Å². The van der Waals surface area contributed by atoms with E-state index < -0.39 is 18.1 Å². The third kappa shape index (κ3) is 4.26. The molecule has 3 aliphatic rings. The summed E-state index contributed by atoms with van der Waals surface area (Å²) in [5, 5.41) is 18.9. The van der Waals surface area contributed by atoms with Crippen LogP contribution in [-0.4, -0.2) is 74.1 Å². The number of nitrogens with one attached hydrogen (secondary N) is 1. The zero-order chi connectivity index (χ0) is 24.3. The van der Waals surface area contributed by atoms with Crippen LogP contribution in [0.1, 0.15) is 42.5 Å². The molecule has 2 aliphatic heterocycles. The van der Waals surface area contributed by atoms with Crippen LogP contribution < -0.4 is 5.32 Å². The predicted molar refractivity (Wildman–Crippen MR) is 128 cm³/mol. The van der Waals surface area contributed by atoms with Gasteiger partial charge in [0.05, 0.1) is 48.5 Å². The quantitative estimate of drug-likeness (QED) is 0.542. The van der Waals surface area contributed by atoms with Crippen molar-refractivity contribution in [3.8, 4) is 0 Å². The van der Waals surface area contributed by atoms with Crippen molar-refractivity contribution in [1.82, 2.24) is 24.6 Å². The summed E-state index contributed by atoms with van der Waals surface area (Å²) in [4.78, 5) is 11.4. The second-order valence-electron chi connectivity index (χ2n) is 9.80. The molecular weight excluding hydrogens is 478 g/mol. The molecule has 3 aromatic rings. The van der Waals surface area contributed by atoms with Crippen molar-refractivity contribution in [1.29, 1.82) is 0 Å². The Morgan fingerprint density at radius 2 is 1.97 bits per heavy atom. The Morgan fingerprint density at radius 1 is 1.20 bits per heavy atom. The summed E-state index contributed by atoms with van der Waals surface area (Å²) in [6.07, 6.45) is 4.52. The number of fused-ring (bicyclic) bond motifs is 1. The third-order valence-corrected chi connectivity index (χ3v) is 7.86. The molecule has 6 rings (SSSR count). The second-order valence-corrected chi connectivity index (χ2v) is 10.2. The molecule has 8 nitrogen and oxygen atoms in total. The van der Waals surface area contributed by atoms with E-state index in [9.17, 15) is 13.9 Å². The maximum atomic E-state index is 13.5. The first kappa shape index (κ1) is 23.0. The van der Waals surface area contributed by atoms with Gasteiger partial charge in [0.15, 0.2) is 0 Å². The van der Waals surface area contributed by atoms with E-state index in [1.807, 2.05) is 12.1 Å². The van der Waals surface area contributed by atoms with Gasteiger partial charge in [0.1, 0.15) is 6.04 Å². The average molecular weight is 505 g/mol. The Bertz CT molecular complexity index is 1260. The number of rotatable bonds is 5. The predicted octanol–water partition coefficient (Wildman–Crippen LogP) is 4.05. The van der Waals surface area contributed by atoms with E-state index in [-0.39, 0.29) is 12.5 Å². The maximum Gasteiger partial charge on any atom is 0.272 e. The number of hydrogen-bond donors (Lipinski definition) is 2. The molecule has 11 heteroatoms. The van der Waals surface area contributed by atoms with E-state index in [1.54, 1.807) is 13.1 Å². The summed E-state index contributed by atoms with van der Waals surface area (Å²) in [7, 11) is 0. The van der Waals surface area contributed by atoms with Gasteiger partial charge in [0, 0.05) is 23.0 Å². The average Bonchev–Trinajstić information content (AvgIpc) is 3.11. The van der Waals surface area contributed by atoms with Crippen molar-refractivity contribution in [2.45, 2.75) is 56.2 Å². The molecule has 3 atom stereocenters. The number of anilines is 2. The number of aliphatic hydroxyl groups is 1. The lowest BCUT2D eigenvalue weighted by Gasteiger charge is -2.36. The van der Waals surface area contributed by atoms with E-state index in [0.29, 0.717) is 41.5 Å². The van der Waals surface area contributed by atoms with Crippen LogP contribution in [0, 0.1) is 6.92 Å².